The number of ether oxygens (including phenoxy) is 3. The van der Waals surface area contributed by atoms with Crippen LogP contribution in [0.2, 0.25) is 0 Å². The first-order valence-electron chi connectivity index (χ1n) is 8.31. The monoisotopic (exact) mass is 408 g/mol. The number of hydrogen-bond acceptors (Lipinski definition) is 10. The number of rotatable bonds is 9. The van der Waals surface area contributed by atoms with Crippen molar-refractivity contribution in [1.29, 1.82) is 0 Å². The van der Waals surface area contributed by atoms with E-state index < -0.39 is 10.9 Å². The average Bonchev–Trinajstić information content (AvgIpc) is 3.11. The van der Waals surface area contributed by atoms with E-state index in [0.717, 1.165) is 11.3 Å². The van der Waals surface area contributed by atoms with E-state index in [1.807, 2.05) is 6.92 Å². The maximum absolute atomic E-state index is 11.8. The second kappa shape index (κ2) is 9.65. The first-order valence-corrected chi connectivity index (χ1v) is 9.13. The van der Waals surface area contributed by atoms with Crippen LogP contribution in [-0.2, 0) is 11.2 Å². The van der Waals surface area contributed by atoms with Gasteiger partial charge in [-0.15, -0.1) is 0 Å². The zero-order valence-corrected chi connectivity index (χ0v) is 16.7. The summed E-state index contributed by atoms with van der Waals surface area (Å²) in [7, 11) is 2.70. The smallest absolute Gasteiger partial charge is 0.350 e. The summed E-state index contributed by atoms with van der Waals surface area (Å²) >= 11 is 1.11. The number of nitrogens with zero attached hydrogens (tertiary/aromatic N) is 3. The number of nitro groups is 1. The van der Waals surface area contributed by atoms with Gasteiger partial charge in [-0.25, -0.2) is 9.78 Å². The molecule has 0 aliphatic rings. The molecule has 1 aromatic heterocycles. The van der Waals surface area contributed by atoms with Gasteiger partial charge < -0.3 is 14.2 Å². The van der Waals surface area contributed by atoms with E-state index in [1.165, 1.54) is 26.5 Å². The molecule has 0 unspecified atom stereocenters. The molecule has 0 bridgehead atoms. The molecule has 0 atom stereocenters. The van der Waals surface area contributed by atoms with Gasteiger partial charge in [0.05, 0.1) is 37.7 Å². The Balaban J connectivity index is 2.27. The summed E-state index contributed by atoms with van der Waals surface area (Å²) in [5.74, 6) is -0.165. The second-order valence-electron chi connectivity index (χ2n) is 5.27. The number of nitro benzene ring substituents is 1. The molecule has 0 aliphatic heterocycles. The van der Waals surface area contributed by atoms with Gasteiger partial charge in [0.25, 0.3) is 0 Å². The molecule has 1 N–H and O–H groups in total. The maximum Gasteiger partial charge on any atom is 0.350 e. The van der Waals surface area contributed by atoms with Crippen molar-refractivity contribution in [2.24, 2.45) is 5.10 Å². The highest BCUT2D eigenvalue weighted by Crippen LogP contribution is 2.38. The largest absolute Gasteiger partial charge is 0.493 e. The number of anilines is 1. The number of thiazole rings is 1. The third-order valence-corrected chi connectivity index (χ3v) is 4.52. The van der Waals surface area contributed by atoms with Crippen LogP contribution in [0.1, 0.15) is 34.8 Å². The minimum Gasteiger partial charge on any atom is -0.493 e. The summed E-state index contributed by atoms with van der Waals surface area (Å²) in [5, 5.41) is 15.8. The van der Waals surface area contributed by atoms with Gasteiger partial charge in [-0.05, 0) is 19.4 Å². The van der Waals surface area contributed by atoms with Gasteiger partial charge in [-0.2, -0.15) is 5.10 Å². The van der Waals surface area contributed by atoms with Crippen LogP contribution in [-0.4, -0.2) is 42.9 Å². The minimum atomic E-state index is -0.546. The van der Waals surface area contributed by atoms with E-state index in [2.05, 4.69) is 15.5 Å². The fraction of sp³-hybridized carbons (Fsp3) is 0.353. The van der Waals surface area contributed by atoms with Crippen molar-refractivity contribution < 1.29 is 23.9 Å². The van der Waals surface area contributed by atoms with E-state index in [1.54, 1.807) is 13.0 Å². The molecule has 0 fully saturated rings. The average molecular weight is 408 g/mol. The van der Waals surface area contributed by atoms with Gasteiger partial charge in [0.15, 0.2) is 5.75 Å². The van der Waals surface area contributed by atoms with Gasteiger partial charge in [0.1, 0.15) is 4.88 Å². The SMILES string of the molecule is CCOc1c(OC)cc(/C=N\Nc2nc(CC)c(C(=O)OC)s2)cc1[N+](=O)[O-]. The molecule has 28 heavy (non-hydrogen) atoms. The molecule has 0 spiro atoms. The van der Waals surface area contributed by atoms with Gasteiger partial charge >= 0.3 is 11.7 Å². The third-order valence-electron chi connectivity index (χ3n) is 3.54. The van der Waals surface area contributed by atoms with Crippen LogP contribution < -0.4 is 14.9 Å². The van der Waals surface area contributed by atoms with Crippen molar-refractivity contribution in [1.82, 2.24) is 4.98 Å². The molecule has 0 aliphatic carbocycles. The topological polar surface area (TPSA) is 125 Å². The van der Waals surface area contributed by atoms with Crippen LogP contribution in [0.5, 0.6) is 11.5 Å². The molecule has 1 aromatic carbocycles. The number of benzene rings is 1. The Hall–Kier alpha value is -3.21. The molecule has 0 amide bonds. The Morgan fingerprint density at radius 2 is 2.14 bits per heavy atom. The van der Waals surface area contributed by atoms with Crippen LogP contribution in [0.15, 0.2) is 17.2 Å². The third kappa shape index (κ3) is 4.74. The normalized spacial score (nSPS) is 10.7. The fourth-order valence-electron chi connectivity index (χ4n) is 2.31. The van der Waals surface area contributed by atoms with Crippen LogP contribution in [0.3, 0.4) is 0 Å². The van der Waals surface area contributed by atoms with E-state index in [-0.39, 0.29) is 23.8 Å². The summed E-state index contributed by atoms with van der Waals surface area (Å²) in [6.07, 6.45) is 1.95. The van der Waals surface area contributed by atoms with Gasteiger partial charge in [-0.1, -0.05) is 18.3 Å². The summed E-state index contributed by atoms with van der Waals surface area (Å²) in [4.78, 5) is 27.2. The summed E-state index contributed by atoms with van der Waals surface area (Å²) < 4.78 is 15.3. The first kappa shape index (κ1) is 21.1. The van der Waals surface area contributed by atoms with Crippen molar-refractivity contribution in [2.75, 3.05) is 26.3 Å². The Kier molecular flexibility index (Phi) is 7.27. The number of methoxy groups -OCH3 is 2. The molecule has 11 heteroatoms. The number of hydrazone groups is 1. The number of carbonyl (C=O) groups is 1. The van der Waals surface area contributed by atoms with Crippen molar-refractivity contribution >= 4 is 34.3 Å². The van der Waals surface area contributed by atoms with Crippen LogP contribution >= 0.6 is 11.3 Å². The standard InChI is InChI=1S/C17H20N4O6S/c1-5-11-15(16(22)26-4)28-17(19-11)20-18-9-10-7-12(21(23)24)14(27-6-2)13(8-10)25-3/h7-9H,5-6H2,1-4H3,(H,19,20)/b18-9-. The zero-order valence-electron chi connectivity index (χ0n) is 15.8. The lowest BCUT2D eigenvalue weighted by molar-refractivity contribution is -0.385. The number of aromatic nitrogens is 1. The Labute approximate surface area is 165 Å². The highest BCUT2D eigenvalue weighted by Gasteiger charge is 2.22. The van der Waals surface area contributed by atoms with E-state index in [0.29, 0.717) is 27.7 Å². The van der Waals surface area contributed by atoms with Crippen molar-refractivity contribution in [2.45, 2.75) is 20.3 Å². The molecular formula is C17H20N4O6S. The van der Waals surface area contributed by atoms with E-state index in [9.17, 15) is 14.9 Å². The van der Waals surface area contributed by atoms with Crippen LogP contribution in [0.25, 0.3) is 0 Å². The lowest BCUT2D eigenvalue weighted by atomic mass is 10.2. The number of nitrogens with one attached hydrogen (secondary N) is 1. The Bertz CT molecular complexity index is 896. The molecule has 2 rings (SSSR count). The fourth-order valence-corrected chi connectivity index (χ4v) is 3.23. The lowest BCUT2D eigenvalue weighted by Gasteiger charge is -2.10. The molecule has 0 saturated carbocycles. The van der Waals surface area contributed by atoms with E-state index in [4.69, 9.17) is 14.2 Å². The minimum absolute atomic E-state index is 0.0651. The second-order valence-corrected chi connectivity index (χ2v) is 6.27. The summed E-state index contributed by atoms with van der Waals surface area (Å²) in [6.45, 7) is 3.86. The summed E-state index contributed by atoms with van der Waals surface area (Å²) in [6, 6.07) is 2.90. The molecule has 0 radical (unpaired) electrons. The zero-order chi connectivity index (χ0) is 20.7. The van der Waals surface area contributed by atoms with Crippen LogP contribution in [0, 0.1) is 10.1 Å². The first-order chi connectivity index (χ1) is 13.4. The number of esters is 1. The number of hydrogen-bond donors (Lipinski definition) is 1. The predicted molar refractivity (Wildman–Crippen MR) is 105 cm³/mol. The molecule has 10 nitrogen and oxygen atoms in total. The highest BCUT2D eigenvalue weighted by atomic mass is 32.1. The van der Waals surface area contributed by atoms with Crippen LogP contribution in [0.4, 0.5) is 10.8 Å². The number of aryl methyl sites for hydroxylation is 1. The molecule has 1 heterocycles. The predicted octanol–water partition coefficient (Wildman–Crippen LogP) is 3.25. The van der Waals surface area contributed by atoms with Crippen molar-refractivity contribution in [3.05, 3.63) is 38.4 Å². The van der Waals surface area contributed by atoms with Crippen molar-refractivity contribution in [3.63, 3.8) is 0 Å². The van der Waals surface area contributed by atoms with Gasteiger partial charge in [-0.3, -0.25) is 15.5 Å². The molecule has 0 saturated heterocycles. The Morgan fingerprint density at radius 1 is 1.39 bits per heavy atom. The number of carbonyl (C=O) groups excluding carboxylic acids is 1. The summed E-state index contributed by atoms with van der Waals surface area (Å²) in [5.41, 5.74) is 3.53. The molecule has 150 valence electrons. The van der Waals surface area contributed by atoms with E-state index >= 15 is 0 Å². The Morgan fingerprint density at radius 3 is 2.71 bits per heavy atom. The van der Waals surface area contributed by atoms with Crippen molar-refractivity contribution in [3.8, 4) is 11.5 Å². The lowest BCUT2D eigenvalue weighted by Crippen LogP contribution is -2.02. The van der Waals surface area contributed by atoms with Gasteiger partial charge in [0.2, 0.25) is 10.9 Å². The van der Waals surface area contributed by atoms with Gasteiger partial charge in [0, 0.05) is 11.6 Å². The molecule has 2 aromatic rings. The highest BCUT2D eigenvalue weighted by molar-refractivity contribution is 7.17. The quantitative estimate of drug-likeness (QED) is 0.290. The molecular weight excluding hydrogens is 388 g/mol. The maximum atomic E-state index is 11.8.